The van der Waals surface area contributed by atoms with E-state index in [-0.39, 0.29) is 11.8 Å². The molecule has 4 rings (SSSR count). The fourth-order valence-corrected chi connectivity index (χ4v) is 5.03. The highest BCUT2D eigenvalue weighted by Crippen LogP contribution is 2.32. The molecule has 0 unspecified atom stereocenters. The number of hydrogen-bond acceptors (Lipinski definition) is 4. The molecule has 0 radical (unpaired) electrons. The number of fused-ring (bicyclic) bond motifs is 1. The molecular formula is C19H23N3O2S. The van der Waals surface area contributed by atoms with E-state index in [0.717, 1.165) is 34.5 Å². The van der Waals surface area contributed by atoms with Crippen molar-refractivity contribution in [2.24, 2.45) is 0 Å². The molecule has 0 saturated carbocycles. The molecule has 3 heterocycles. The Morgan fingerprint density at radius 2 is 1.96 bits per heavy atom. The molecule has 2 fully saturated rings. The van der Waals surface area contributed by atoms with Crippen LogP contribution in [-0.2, 0) is 4.79 Å². The van der Waals surface area contributed by atoms with Crippen LogP contribution in [0, 0.1) is 0 Å². The number of amides is 2. The van der Waals surface area contributed by atoms with Crippen molar-refractivity contribution in [2.75, 3.05) is 33.2 Å². The summed E-state index contributed by atoms with van der Waals surface area (Å²) in [5.74, 6) is 0.217. The van der Waals surface area contributed by atoms with Gasteiger partial charge in [0.05, 0.1) is 4.88 Å². The van der Waals surface area contributed by atoms with Gasteiger partial charge in [0.2, 0.25) is 5.91 Å². The van der Waals surface area contributed by atoms with Crippen molar-refractivity contribution in [1.29, 1.82) is 0 Å². The van der Waals surface area contributed by atoms with Gasteiger partial charge in [0.25, 0.3) is 5.91 Å². The summed E-state index contributed by atoms with van der Waals surface area (Å²) >= 11 is 1.55. The van der Waals surface area contributed by atoms with Crippen LogP contribution in [-0.4, -0.2) is 60.4 Å². The van der Waals surface area contributed by atoms with Gasteiger partial charge in [-0.15, -0.1) is 11.3 Å². The Morgan fingerprint density at radius 3 is 2.72 bits per heavy atom. The van der Waals surface area contributed by atoms with Gasteiger partial charge in [-0.05, 0) is 43.8 Å². The van der Waals surface area contributed by atoms with E-state index in [0.29, 0.717) is 25.9 Å². The number of nitrogens with zero attached hydrogens (tertiary/aromatic N) is 2. The van der Waals surface area contributed by atoms with Crippen molar-refractivity contribution in [3.8, 4) is 0 Å². The van der Waals surface area contributed by atoms with E-state index in [9.17, 15) is 9.59 Å². The van der Waals surface area contributed by atoms with Crippen molar-refractivity contribution >= 4 is 33.2 Å². The molecule has 6 heteroatoms. The van der Waals surface area contributed by atoms with E-state index in [1.807, 2.05) is 42.3 Å². The number of carbonyl (C=O) groups excluding carboxylic acids is 2. The Hall–Kier alpha value is -1.92. The molecule has 0 atom stereocenters. The monoisotopic (exact) mass is 357 g/mol. The van der Waals surface area contributed by atoms with Crippen LogP contribution in [0.2, 0.25) is 0 Å². The molecule has 132 valence electrons. The molecule has 2 amide bonds. The first kappa shape index (κ1) is 16.5. The van der Waals surface area contributed by atoms with E-state index < -0.39 is 5.54 Å². The van der Waals surface area contributed by atoms with E-state index >= 15 is 0 Å². The van der Waals surface area contributed by atoms with Crippen LogP contribution < -0.4 is 5.32 Å². The van der Waals surface area contributed by atoms with Gasteiger partial charge in [-0.1, -0.05) is 18.2 Å². The van der Waals surface area contributed by atoms with Gasteiger partial charge in [0.15, 0.2) is 0 Å². The summed E-state index contributed by atoms with van der Waals surface area (Å²) < 4.78 is 1.14. The van der Waals surface area contributed by atoms with Crippen LogP contribution in [0.3, 0.4) is 0 Å². The Morgan fingerprint density at radius 1 is 1.20 bits per heavy atom. The maximum absolute atomic E-state index is 12.9. The van der Waals surface area contributed by atoms with E-state index in [4.69, 9.17) is 0 Å². The third-order valence-electron chi connectivity index (χ3n) is 5.62. The van der Waals surface area contributed by atoms with Crippen molar-refractivity contribution in [2.45, 2.75) is 24.8 Å². The van der Waals surface area contributed by atoms with Gasteiger partial charge in [-0.25, -0.2) is 0 Å². The Balaban J connectivity index is 1.51. The Kier molecular flexibility index (Phi) is 4.25. The molecule has 2 aromatic rings. The summed E-state index contributed by atoms with van der Waals surface area (Å²) in [6.07, 6.45) is 2.38. The van der Waals surface area contributed by atoms with Gasteiger partial charge in [-0.2, -0.15) is 0 Å². The largest absolute Gasteiger partial charge is 0.354 e. The van der Waals surface area contributed by atoms with Gasteiger partial charge in [0.1, 0.15) is 5.54 Å². The minimum absolute atomic E-state index is 0.0905. The summed E-state index contributed by atoms with van der Waals surface area (Å²) in [5, 5.41) is 4.16. The zero-order valence-electron chi connectivity index (χ0n) is 14.5. The van der Waals surface area contributed by atoms with Crippen LogP contribution in [0.5, 0.6) is 0 Å². The number of rotatable bonds is 1. The normalized spacial score (nSPS) is 21.3. The molecule has 0 aliphatic carbocycles. The number of piperidine rings is 1. The lowest BCUT2D eigenvalue weighted by molar-refractivity contribution is -0.134. The summed E-state index contributed by atoms with van der Waals surface area (Å²) in [7, 11) is 2.04. The zero-order valence-corrected chi connectivity index (χ0v) is 15.3. The third-order valence-corrected chi connectivity index (χ3v) is 6.73. The Labute approximate surface area is 151 Å². The topological polar surface area (TPSA) is 52.7 Å². The standard InChI is InChI=1S/C19H23N3O2S/c1-21-10-4-9-20-18(24)19(21)7-11-22(12-8-19)17(23)16-13-14-5-2-3-6-15(14)25-16/h2-3,5-6,13H,4,7-12H2,1H3,(H,20,24). The fourth-order valence-electron chi connectivity index (χ4n) is 4.00. The first-order valence-electron chi connectivity index (χ1n) is 8.87. The second-order valence-electron chi connectivity index (χ2n) is 7.00. The maximum Gasteiger partial charge on any atom is 0.263 e. The first-order valence-corrected chi connectivity index (χ1v) is 9.69. The zero-order chi connectivity index (χ0) is 17.4. The van der Waals surface area contributed by atoms with E-state index in [1.54, 1.807) is 11.3 Å². The highest BCUT2D eigenvalue weighted by atomic mass is 32.1. The molecule has 1 spiro atoms. The van der Waals surface area contributed by atoms with E-state index in [2.05, 4.69) is 10.2 Å². The number of benzene rings is 1. The lowest BCUT2D eigenvalue weighted by Crippen LogP contribution is -2.61. The van der Waals surface area contributed by atoms with Crippen molar-refractivity contribution in [1.82, 2.24) is 15.1 Å². The van der Waals surface area contributed by atoms with E-state index in [1.165, 1.54) is 0 Å². The molecule has 2 aliphatic rings. The number of hydrogen-bond donors (Lipinski definition) is 1. The van der Waals surface area contributed by atoms with Gasteiger partial charge in [0, 0.05) is 30.9 Å². The molecule has 25 heavy (non-hydrogen) atoms. The quantitative estimate of drug-likeness (QED) is 0.852. The number of likely N-dealkylation sites (N-methyl/N-ethyl adjacent to an activating group) is 1. The van der Waals surface area contributed by atoms with Crippen LogP contribution in [0.25, 0.3) is 10.1 Å². The Bertz CT molecular complexity index is 775. The van der Waals surface area contributed by atoms with Crippen LogP contribution >= 0.6 is 11.3 Å². The number of likely N-dealkylation sites (tertiary alicyclic amines) is 1. The summed E-state index contributed by atoms with van der Waals surface area (Å²) in [6, 6.07) is 10.1. The second kappa shape index (κ2) is 6.42. The number of carbonyl (C=O) groups is 2. The lowest BCUT2D eigenvalue weighted by atomic mass is 9.85. The summed E-state index contributed by atoms with van der Waals surface area (Å²) in [6.45, 7) is 2.92. The average Bonchev–Trinajstić information content (AvgIpc) is 3.03. The maximum atomic E-state index is 12.9. The predicted molar refractivity (Wildman–Crippen MR) is 100.0 cm³/mol. The first-order chi connectivity index (χ1) is 12.1. The predicted octanol–water partition coefficient (Wildman–Crippen LogP) is 2.33. The van der Waals surface area contributed by atoms with Crippen LogP contribution in [0.15, 0.2) is 30.3 Å². The molecule has 2 saturated heterocycles. The van der Waals surface area contributed by atoms with Crippen molar-refractivity contribution < 1.29 is 9.59 Å². The minimum Gasteiger partial charge on any atom is -0.354 e. The van der Waals surface area contributed by atoms with Crippen molar-refractivity contribution in [3.05, 3.63) is 35.2 Å². The summed E-state index contributed by atoms with van der Waals surface area (Å²) in [5.41, 5.74) is -0.451. The molecule has 1 aromatic heterocycles. The SMILES string of the molecule is CN1CCCNC(=O)C12CCN(C(=O)c1cc3ccccc3s1)CC2. The average molecular weight is 357 g/mol. The molecule has 5 nitrogen and oxygen atoms in total. The lowest BCUT2D eigenvalue weighted by Gasteiger charge is -2.44. The van der Waals surface area contributed by atoms with Crippen LogP contribution in [0.4, 0.5) is 0 Å². The fraction of sp³-hybridized carbons (Fsp3) is 0.474. The molecule has 1 aromatic carbocycles. The summed E-state index contributed by atoms with van der Waals surface area (Å²) in [4.78, 5) is 30.4. The second-order valence-corrected chi connectivity index (χ2v) is 8.09. The van der Waals surface area contributed by atoms with Gasteiger partial charge >= 0.3 is 0 Å². The highest BCUT2D eigenvalue weighted by Gasteiger charge is 2.46. The van der Waals surface area contributed by atoms with Gasteiger partial charge in [-0.3, -0.25) is 14.5 Å². The highest BCUT2D eigenvalue weighted by molar-refractivity contribution is 7.20. The minimum atomic E-state index is -0.451. The van der Waals surface area contributed by atoms with Crippen molar-refractivity contribution in [3.63, 3.8) is 0 Å². The third kappa shape index (κ3) is 2.83. The molecule has 1 N–H and O–H groups in total. The number of thiophene rings is 1. The molecule has 2 aliphatic heterocycles. The molecule has 0 bridgehead atoms. The smallest absolute Gasteiger partial charge is 0.263 e. The van der Waals surface area contributed by atoms with Crippen LogP contribution in [0.1, 0.15) is 28.9 Å². The van der Waals surface area contributed by atoms with Gasteiger partial charge < -0.3 is 10.2 Å². The molecular weight excluding hydrogens is 334 g/mol. The number of nitrogens with one attached hydrogen (secondary N) is 1.